The lowest BCUT2D eigenvalue weighted by atomic mass is 10.1. The lowest BCUT2D eigenvalue weighted by molar-refractivity contribution is 0.296. The fourth-order valence-electron chi connectivity index (χ4n) is 1.35. The lowest BCUT2D eigenvalue weighted by Crippen LogP contribution is -2.05. The molecule has 0 bridgehead atoms. The van der Waals surface area contributed by atoms with Crippen LogP contribution in [-0.4, -0.2) is 24.5 Å². The van der Waals surface area contributed by atoms with Crippen molar-refractivity contribution in [3.63, 3.8) is 0 Å². The van der Waals surface area contributed by atoms with Gasteiger partial charge in [-0.3, -0.25) is 0 Å². The zero-order chi connectivity index (χ0) is 11.8. The Morgan fingerprint density at radius 2 is 2.31 bits per heavy atom. The molecule has 86 valence electrons. The Morgan fingerprint density at radius 1 is 1.50 bits per heavy atom. The van der Waals surface area contributed by atoms with Crippen LogP contribution in [0.1, 0.15) is 17.5 Å². The Labute approximate surface area is 100 Å². The minimum absolute atomic E-state index is 0.201. The fourth-order valence-corrected chi connectivity index (χ4v) is 2.27. The molecule has 0 aliphatic carbocycles. The monoisotopic (exact) mass is 236 g/mol. The molecule has 4 heteroatoms. The van der Waals surface area contributed by atoms with E-state index in [4.69, 9.17) is 10.4 Å². The van der Waals surface area contributed by atoms with Crippen LogP contribution in [0.25, 0.3) is 0 Å². The van der Waals surface area contributed by atoms with Gasteiger partial charge in [0.05, 0.1) is 5.56 Å². The molecule has 1 aromatic carbocycles. The third kappa shape index (κ3) is 3.86. The second-order valence-corrected chi connectivity index (χ2v) is 4.54. The predicted molar refractivity (Wildman–Crippen MR) is 66.3 cm³/mol. The van der Waals surface area contributed by atoms with E-state index in [1.54, 1.807) is 11.8 Å². The molecule has 0 spiro atoms. The molecule has 0 aliphatic heterocycles. The number of rotatable bonds is 6. The zero-order valence-electron chi connectivity index (χ0n) is 9.36. The highest BCUT2D eigenvalue weighted by molar-refractivity contribution is 7.99. The Morgan fingerprint density at radius 3 is 2.94 bits per heavy atom. The average Bonchev–Trinajstić information content (AvgIpc) is 2.31. The first kappa shape index (κ1) is 13.0. The van der Waals surface area contributed by atoms with Gasteiger partial charge in [-0.15, -0.1) is 11.8 Å². The van der Waals surface area contributed by atoms with Gasteiger partial charge in [0, 0.05) is 23.8 Å². The number of aliphatic hydroxyl groups excluding tert-OH is 1. The van der Waals surface area contributed by atoms with E-state index >= 15 is 0 Å². The van der Waals surface area contributed by atoms with E-state index in [1.165, 1.54) is 0 Å². The van der Waals surface area contributed by atoms with Crippen molar-refractivity contribution >= 4 is 11.8 Å². The van der Waals surface area contributed by atoms with Gasteiger partial charge in [-0.1, -0.05) is 6.07 Å². The van der Waals surface area contributed by atoms with E-state index in [2.05, 4.69) is 11.4 Å². The molecule has 0 aliphatic rings. The van der Waals surface area contributed by atoms with Crippen molar-refractivity contribution in [2.45, 2.75) is 17.9 Å². The van der Waals surface area contributed by atoms with Gasteiger partial charge in [-0.25, -0.2) is 0 Å². The number of nitrogens with zero attached hydrogens (tertiary/aromatic N) is 1. The van der Waals surface area contributed by atoms with Gasteiger partial charge < -0.3 is 10.4 Å². The van der Waals surface area contributed by atoms with Gasteiger partial charge >= 0.3 is 0 Å². The summed E-state index contributed by atoms with van der Waals surface area (Å²) in [7, 11) is 1.88. The molecule has 1 aromatic rings. The molecule has 3 nitrogen and oxygen atoms in total. The first-order chi connectivity index (χ1) is 7.81. The highest BCUT2D eigenvalue weighted by Crippen LogP contribution is 2.23. The van der Waals surface area contributed by atoms with Crippen molar-refractivity contribution in [3.8, 4) is 6.07 Å². The summed E-state index contributed by atoms with van der Waals surface area (Å²) < 4.78 is 0. The summed E-state index contributed by atoms with van der Waals surface area (Å²) in [6.45, 7) is 0.975. The largest absolute Gasteiger partial charge is 0.396 e. The zero-order valence-corrected chi connectivity index (χ0v) is 10.2. The first-order valence-corrected chi connectivity index (χ1v) is 6.21. The van der Waals surface area contributed by atoms with Crippen LogP contribution >= 0.6 is 11.8 Å². The molecule has 16 heavy (non-hydrogen) atoms. The highest BCUT2D eigenvalue weighted by atomic mass is 32.2. The summed E-state index contributed by atoms with van der Waals surface area (Å²) >= 11 is 1.62. The summed E-state index contributed by atoms with van der Waals surface area (Å²) in [5, 5.41) is 20.8. The number of nitriles is 1. The van der Waals surface area contributed by atoms with Crippen LogP contribution < -0.4 is 5.32 Å². The van der Waals surface area contributed by atoms with Gasteiger partial charge in [-0.05, 0) is 31.2 Å². The van der Waals surface area contributed by atoms with E-state index in [0.717, 1.165) is 34.7 Å². The van der Waals surface area contributed by atoms with Crippen molar-refractivity contribution in [3.05, 3.63) is 29.3 Å². The van der Waals surface area contributed by atoms with E-state index in [0.29, 0.717) is 0 Å². The third-order valence-corrected chi connectivity index (χ3v) is 3.27. The maximum atomic E-state index is 9.03. The summed E-state index contributed by atoms with van der Waals surface area (Å²) in [5.41, 5.74) is 1.83. The van der Waals surface area contributed by atoms with Crippen LogP contribution in [-0.2, 0) is 6.54 Å². The number of benzene rings is 1. The summed E-state index contributed by atoms with van der Waals surface area (Å²) in [6.07, 6.45) is 0.758. The van der Waals surface area contributed by atoms with Crippen molar-refractivity contribution in [2.75, 3.05) is 19.4 Å². The maximum absolute atomic E-state index is 9.03. The predicted octanol–water partition coefficient (Wildman–Crippen LogP) is 1.75. The molecule has 0 radical (unpaired) electrons. The molecule has 1 rings (SSSR count). The van der Waals surface area contributed by atoms with Crippen molar-refractivity contribution < 1.29 is 5.11 Å². The van der Waals surface area contributed by atoms with Crippen LogP contribution in [0, 0.1) is 11.3 Å². The number of hydrogen-bond acceptors (Lipinski definition) is 4. The average molecular weight is 236 g/mol. The second kappa shape index (κ2) is 7.29. The van der Waals surface area contributed by atoms with E-state index < -0.39 is 0 Å². The van der Waals surface area contributed by atoms with Crippen molar-refractivity contribution in [2.24, 2.45) is 0 Å². The van der Waals surface area contributed by atoms with Gasteiger partial charge in [0.25, 0.3) is 0 Å². The molecule has 0 heterocycles. The van der Waals surface area contributed by atoms with Gasteiger partial charge in [0.1, 0.15) is 6.07 Å². The normalized spacial score (nSPS) is 10.1. The highest BCUT2D eigenvalue weighted by Gasteiger charge is 2.03. The van der Waals surface area contributed by atoms with Crippen LogP contribution in [0.3, 0.4) is 0 Å². The topological polar surface area (TPSA) is 56.0 Å². The number of thioether (sulfide) groups is 1. The number of nitrogens with one attached hydrogen (secondary N) is 1. The smallest absolute Gasteiger partial charge is 0.100 e. The summed E-state index contributed by atoms with van der Waals surface area (Å²) in [5.74, 6) is 0.844. The standard InChI is InChI=1S/C12H16N2OS/c1-14-9-10-3-4-12(11(7-10)8-13)16-6-2-5-15/h3-4,7,14-15H,2,5-6,9H2,1H3. The van der Waals surface area contributed by atoms with E-state index in [-0.39, 0.29) is 6.61 Å². The molecule has 0 saturated heterocycles. The van der Waals surface area contributed by atoms with E-state index in [1.807, 2.05) is 25.2 Å². The molecule has 0 fully saturated rings. The Balaban J connectivity index is 2.73. The van der Waals surface area contributed by atoms with Crippen molar-refractivity contribution in [1.29, 1.82) is 5.26 Å². The molecular weight excluding hydrogens is 220 g/mol. The molecule has 0 aromatic heterocycles. The van der Waals surface area contributed by atoms with Crippen LogP contribution in [0.4, 0.5) is 0 Å². The Bertz CT molecular complexity index is 374. The SMILES string of the molecule is CNCc1ccc(SCCCO)c(C#N)c1. The van der Waals surface area contributed by atoms with Gasteiger partial charge in [-0.2, -0.15) is 5.26 Å². The second-order valence-electron chi connectivity index (χ2n) is 3.40. The quantitative estimate of drug-likeness (QED) is 0.583. The fraction of sp³-hybridized carbons (Fsp3) is 0.417. The Hall–Kier alpha value is -1.02. The minimum atomic E-state index is 0.201. The van der Waals surface area contributed by atoms with Crippen molar-refractivity contribution in [1.82, 2.24) is 5.32 Å². The Kier molecular flexibility index (Phi) is 5.94. The third-order valence-electron chi connectivity index (χ3n) is 2.11. The van der Waals surface area contributed by atoms with Crippen LogP contribution in [0.15, 0.2) is 23.1 Å². The molecule has 0 unspecified atom stereocenters. The number of hydrogen-bond donors (Lipinski definition) is 2. The first-order valence-electron chi connectivity index (χ1n) is 5.23. The molecular formula is C12H16N2OS. The molecule has 2 N–H and O–H groups in total. The maximum Gasteiger partial charge on any atom is 0.100 e. The molecule has 0 amide bonds. The minimum Gasteiger partial charge on any atom is -0.396 e. The van der Waals surface area contributed by atoms with Gasteiger partial charge in [0.15, 0.2) is 0 Å². The van der Waals surface area contributed by atoms with E-state index in [9.17, 15) is 0 Å². The van der Waals surface area contributed by atoms with Crippen LogP contribution in [0.2, 0.25) is 0 Å². The summed E-state index contributed by atoms with van der Waals surface area (Å²) in [4.78, 5) is 0.996. The molecule has 0 saturated carbocycles. The van der Waals surface area contributed by atoms with Gasteiger partial charge in [0.2, 0.25) is 0 Å². The van der Waals surface area contributed by atoms with Crippen LogP contribution in [0.5, 0.6) is 0 Å². The lowest BCUT2D eigenvalue weighted by Gasteiger charge is -2.06. The summed E-state index contributed by atoms with van der Waals surface area (Å²) in [6, 6.07) is 8.13. The number of aliphatic hydroxyl groups is 1. The molecule has 0 atom stereocenters.